The minimum atomic E-state index is 0.197. The van der Waals surface area contributed by atoms with Crippen molar-refractivity contribution in [1.82, 2.24) is 24.8 Å². The number of hydrogen-bond donors (Lipinski definition) is 2. The Kier molecular flexibility index (Phi) is 3.88. The first-order valence-electron chi connectivity index (χ1n) is 8.62. The van der Waals surface area contributed by atoms with E-state index in [0.29, 0.717) is 24.7 Å². The summed E-state index contributed by atoms with van der Waals surface area (Å²) in [7, 11) is 3.66. The standard InChI is InChI=1S/C17H24N6O/c1-22(2)15(24)9-23-12-3-4-13(23)8-11(7-12)21-17-14-5-6-18-16(14)19-10-20-17/h5-6,10-13H,3-4,7-9H2,1-2H3,(H2,18,19,20,21). The third-order valence-electron chi connectivity index (χ3n) is 5.40. The number of piperidine rings is 1. The van der Waals surface area contributed by atoms with E-state index in [1.165, 1.54) is 12.8 Å². The molecule has 0 aliphatic carbocycles. The molecule has 7 nitrogen and oxygen atoms in total. The second kappa shape index (κ2) is 6.05. The molecule has 2 aliphatic rings. The first kappa shape index (κ1) is 15.4. The van der Waals surface area contributed by atoms with Crippen molar-refractivity contribution >= 4 is 22.8 Å². The summed E-state index contributed by atoms with van der Waals surface area (Å²) in [5, 5.41) is 4.65. The molecule has 2 aromatic heterocycles. The summed E-state index contributed by atoms with van der Waals surface area (Å²) in [6, 6.07) is 3.40. The molecule has 2 unspecified atom stereocenters. The van der Waals surface area contributed by atoms with Gasteiger partial charge in [0.15, 0.2) is 0 Å². The smallest absolute Gasteiger partial charge is 0.236 e. The van der Waals surface area contributed by atoms with E-state index in [0.717, 1.165) is 29.7 Å². The number of hydrogen-bond acceptors (Lipinski definition) is 5. The van der Waals surface area contributed by atoms with Crippen LogP contribution in [0.25, 0.3) is 11.0 Å². The fraction of sp³-hybridized carbons (Fsp3) is 0.588. The quantitative estimate of drug-likeness (QED) is 0.888. The molecule has 2 aromatic rings. The van der Waals surface area contributed by atoms with Gasteiger partial charge in [0.2, 0.25) is 5.91 Å². The van der Waals surface area contributed by atoms with E-state index in [-0.39, 0.29) is 5.91 Å². The molecule has 24 heavy (non-hydrogen) atoms. The number of aromatic nitrogens is 3. The summed E-state index contributed by atoms with van der Waals surface area (Å²) >= 11 is 0. The molecule has 2 fully saturated rings. The second-order valence-electron chi connectivity index (χ2n) is 7.12. The average molecular weight is 328 g/mol. The summed E-state index contributed by atoms with van der Waals surface area (Å²) in [5.74, 6) is 1.10. The van der Waals surface area contributed by atoms with Gasteiger partial charge in [-0.25, -0.2) is 9.97 Å². The Morgan fingerprint density at radius 2 is 2.08 bits per heavy atom. The van der Waals surface area contributed by atoms with Crippen LogP contribution in [0.1, 0.15) is 25.7 Å². The van der Waals surface area contributed by atoms with Gasteiger partial charge in [-0.05, 0) is 31.7 Å². The van der Waals surface area contributed by atoms with Crippen molar-refractivity contribution in [2.45, 2.75) is 43.8 Å². The van der Waals surface area contributed by atoms with Gasteiger partial charge < -0.3 is 15.2 Å². The van der Waals surface area contributed by atoms with Crippen LogP contribution in [0.3, 0.4) is 0 Å². The number of H-pyrrole nitrogens is 1. The molecule has 1 amide bonds. The Morgan fingerprint density at radius 3 is 2.79 bits per heavy atom. The Balaban J connectivity index is 1.45. The number of nitrogens with one attached hydrogen (secondary N) is 2. The van der Waals surface area contributed by atoms with E-state index >= 15 is 0 Å². The largest absolute Gasteiger partial charge is 0.367 e. The number of likely N-dealkylation sites (N-methyl/N-ethyl adjacent to an activating group) is 1. The highest BCUT2D eigenvalue weighted by Crippen LogP contribution is 2.37. The van der Waals surface area contributed by atoms with Crippen LogP contribution in [-0.4, -0.2) is 69.4 Å². The van der Waals surface area contributed by atoms with Crippen LogP contribution in [0.2, 0.25) is 0 Å². The van der Waals surface area contributed by atoms with Crippen LogP contribution in [-0.2, 0) is 4.79 Å². The zero-order valence-corrected chi connectivity index (χ0v) is 14.2. The predicted molar refractivity (Wildman–Crippen MR) is 92.7 cm³/mol. The second-order valence-corrected chi connectivity index (χ2v) is 7.12. The first-order chi connectivity index (χ1) is 11.6. The molecule has 2 saturated heterocycles. The van der Waals surface area contributed by atoms with E-state index in [9.17, 15) is 4.79 Å². The number of nitrogens with zero attached hydrogens (tertiary/aromatic N) is 4. The van der Waals surface area contributed by atoms with Crippen molar-refractivity contribution in [2.24, 2.45) is 0 Å². The Morgan fingerprint density at radius 1 is 1.33 bits per heavy atom. The number of fused-ring (bicyclic) bond motifs is 3. The molecule has 4 rings (SSSR count). The third kappa shape index (κ3) is 2.73. The SMILES string of the molecule is CN(C)C(=O)CN1C2CCC1CC(Nc1ncnc3[nH]ccc13)C2. The molecule has 7 heteroatoms. The molecule has 2 N–H and O–H groups in total. The van der Waals surface area contributed by atoms with Crippen LogP contribution >= 0.6 is 0 Å². The number of rotatable bonds is 4. The number of carbonyl (C=O) groups excluding carboxylic acids is 1. The van der Waals surface area contributed by atoms with E-state index < -0.39 is 0 Å². The normalized spacial score (nSPS) is 26.7. The van der Waals surface area contributed by atoms with Crippen molar-refractivity contribution < 1.29 is 4.79 Å². The van der Waals surface area contributed by atoms with Crippen LogP contribution in [0.4, 0.5) is 5.82 Å². The lowest BCUT2D eigenvalue weighted by Crippen LogP contribution is -2.50. The van der Waals surface area contributed by atoms with E-state index in [2.05, 4.69) is 25.2 Å². The molecule has 2 atom stereocenters. The molecule has 4 heterocycles. The molecular weight excluding hydrogens is 304 g/mol. The fourth-order valence-electron chi connectivity index (χ4n) is 4.13. The van der Waals surface area contributed by atoms with Gasteiger partial charge in [-0.2, -0.15) is 0 Å². The molecular formula is C17H24N6O. The summed E-state index contributed by atoms with van der Waals surface area (Å²) < 4.78 is 0. The number of anilines is 1. The Labute approximate surface area is 141 Å². The van der Waals surface area contributed by atoms with Crippen molar-refractivity contribution in [3.05, 3.63) is 18.6 Å². The van der Waals surface area contributed by atoms with Crippen LogP contribution in [0.5, 0.6) is 0 Å². The predicted octanol–water partition coefficient (Wildman–Crippen LogP) is 1.45. The summed E-state index contributed by atoms with van der Waals surface area (Å²) in [5.41, 5.74) is 0.865. The van der Waals surface area contributed by atoms with Gasteiger partial charge in [0.25, 0.3) is 0 Å². The van der Waals surface area contributed by atoms with Gasteiger partial charge in [0.05, 0.1) is 11.9 Å². The Bertz CT molecular complexity index is 728. The highest BCUT2D eigenvalue weighted by molar-refractivity contribution is 5.86. The highest BCUT2D eigenvalue weighted by Gasteiger charge is 2.41. The number of aromatic amines is 1. The maximum atomic E-state index is 12.1. The van der Waals surface area contributed by atoms with Crippen LogP contribution in [0, 0.1) is 0 Å². The maximum Gasteiger partial charge on any atom is 0.236 e. The maximum absolute atomic E-state index is 12.1. The van der Waals surface area contributed by atoms with Crippen LogP contribution in [0.15, 0.2) is 18.6 Å². The van der Waals surface area contributed by atoms with E-state index in [1.807, 2.05) is 26.4 Å². The number of amides is 1. The minimum Gasteiger partial charge on any atom is -0.367 e. The van der Waals surface area contributed by atoms with Gasteiger partial charge in [0.1, 0.15) is 17.8 Å². The van der Waals surface area contributed by atoms with Crippen molar-refractivity contribution in [2.75, 3.05) is 26.0 Å². The van der Waals surface area contributed by atoms with Gasteiger partial charge >= 0.3 is 0 Å². The van der Waals surface area contributed by atoms with Crippen molar-refractivity contribution in [3.8, 4) is 0 Å². The molecule has 0 spiro atoms. The molecule has 0 radical (unpaired) electrons. The van der Waals surface area contributed by atoms with E-state index in [1.54, 1.807) is 11.2 Å². The lowest BCUT2D eigenvalue weighted by atomic mass is 9.97. The lowest BCUT2D eigenvalue weighted by Gasteiger charge is -2.39. The van der Waals surface area contributed by atoms with Gasteiger partial charge in [-0.3, -0.25) is 9.69 Å². The molecule has 2 aliphatic heterocycles. The molecule has 0 saturated carbocycles. The summed E-state index contributed by atoms with van der Waals surface area (Å²) in [6.07, 6.45) is 7.99. The number of carbonyl (C=O) groups is 1. The highest BCUT2D eigenvalue weighted by atomic mass is 16.2. The van der Waals surface area contributed by atoms with Gasteiger partial charge in [-0.1, -0.05) is 0 Å². The van der Waals surface area contributed by atoms with Crippen molar-refractivity contribution in [3.63, 3.8) is 0 Å². The zero-order chi connectivity index (χ0) is 16.7. The molecule has 2 bridgehead atoms. The van der Waals surface area contributed by atoms with Gasteiger partial charge in [0, 0.05) is 38.4 Å². The fourth-order valence-corrected chi connectivity index (χ4v) is 4.13. The van der Waals surface area contributed by atoms with Crippen molar-refractivity contribution in [1.29, 1.82) is 0 Å². The van der Waals surface area contributed by atoms with E-state index in [4.69, 9.17) is 0 Å². The van der Waals surface area contributed by atoms with Crippen LogP contribution < -0.4 is 5.32 Å². The monoisotopic (exact) mass is 328 g/mol. The summed E-state index contributed by atoms with van der Waals surface area (Å²) in [6.45, 7) is 0.546. The topological polar surface area (TPSA) is 77.2 Å². The zero-order valence-electron chi connectivity index (χ0n) is 14.2. The summed E-state index contributed by atoms with van der Waals surface area (Å²) in [4.78, 5) is 27.9. The third-order valence-corrected chi connectivity index (χ3v) is 5.40. The average Bonchev–Trinajstić information content (AvgIpc) is 3.11. The van der Waals surface area contributed by atoms with Gasteiger partial charge in [-0.15, -0.1) is 0 Å². The minimum absolute atomic E-state index is 0.197. The Hall–Kier alpha value is -2.15. The molecule has 128 valence electrons. The molecule has 0 aromatic carbocycles. The first-order valence-corrected chi connectivity index (χ1v) is 8.62. The lowest BCUT2D eigenvalue weighted by molar-refractivity contribution is -0.131.